The Balaban J connectivity index is 2.11. The summed E-state index contributed by atoms with van der Waals surface area (Å²) in [6, 6.07) is 14.4. The van der Waals surface area contributed by atoms with Crippen molar-refractivity contribution < 1.29 is 8.96 Å². The molecule has 1 atom stereocenters. The molecule has 3 aromatic rings. The van der Waals surface area contributed by atoms with Crippen LogP contribution in [0, 0.1) is 12.7 Å². The summed E-state index contributed by atoms with van der Waals surface area (Å²) in [7, 11) is 0. The molecule has 2 heterocycles. The molecule has 4 rings (SSSR count). The zero-order valence-electron chi connectivity index (χ0n) is 15.7. The van der Waals surface area contributed by atoms with Crippen molar-refractivity contribution >= 4 is 10.8 Å². The quantitative estimate of drug-likeness (QED) is 0.399. The van der Waals surface area contributed by atoms with Gasteiger partial charge in [0.15, 0.2) is 6.20 Å². The van der Waals surface area contributed by atoms with Crippen LogP contribution >= 0.6 is 0 Å². The zero-order valence-corrected chi connectivity index (χ0v) is 15.7. The van der Waals surface area contributed by atoms with Crippen LogP contribution in [0.5, 0.6) is 0 Å². The van der Waals surface area contributed by atoms with Gasteiger partial charge in [0.25, 0.3) is 0 Å². The van der Waals surface area contributed by atoms with Crippen LogP contribution in [0.15, 0.2) is 60.8 Å². The van der Waals surface area contributed by atoms with Crippen LogP contribution in [0.25, 0.3) is 22.0 Å². The van der Waals surface area contributed by atoms with Crippen molar-refractivity contribution in [2.75, 3.05) is 0 Å². The fourth-order valence-electron chi connectivity index (χ4n) is 4.28. The van der Waals surface area contributed by atoms with Gasteiger partial charge in [-0.05, 0) is 48.6 Å². The summed E-state index contributed by atoms with van der Waals surface area (Å²) in [5.41, 5.74) is 3.81. The second kappa shape index (κ2) is 6.35. The number of benzene rings is 2. The third-order valence-corrected chi connectivity index (χ3v) is 5.70. The average Bonchev–Trinajstić information content (AvgIpc) is 2.92. The van der Waals surface area contributed by atoms with Gasteiger partial charge in [-0.1, -0.05) is 44.5 Å². The maximum Gasteiger partial charge on any atom is 0.222 e. The molecule has 0 saturated heterocycles. The van der Waals surface area contributed by atoms with E-state index in [1.54, 1.807) is 6.07 Å². The lowest BCUT2D eigenvalue weighted by Crippen LogP contribution is -2.53. The molecular formula is C24H25FN+. The first kappa shape index (κ1) is 17.0. The smallest absolute Gasteiger partial charge is 0.207 e. The van der Waals surface area contributed by atoms with Gasteiger partial charge in [0.1, 0.15) is 5.82 Å². The highest BCUT2D eigenvalue weighted by Gasteiger charge is 2.49. The van der Waals surface area contributed by atoms with Gasteiger partial charge in [-0.3, -0.25) is 0 Å². The molecule has 1 unspecified atom stereocenters. The van der Waals surface area contributed by atoms with Crippen LogP contribution in [0.2, 0.25) is 0 Å². The molecule has 2 heteroatoms. The van der Waals surface area contributed by atoms with Gasteiger partial charge in [0.2, 0.25) is 11.2 Å². The summed E-state index contributed by atoms with van der Waals surface area (Å²) >= 11 is 0. The normalized spacial score (nSPS) is 18.5. The van der Waals surface area contributed by atoms with E-state index in [0.29, 0.717) is 5.56 Å². The summed E-state index contributed by atoms with van der Waals surface area (Å²) in [6.45, 7) is 6.22. The van der Waals surface area contributed by atoms with Crippen LogP contribution in [-0.4, -0.2) is 0 Å². The Kier molecular flexibility index (Phi) is 4.14. The van der Waals surface area contributed by atoms with Crippen LogP contribution < -0.4 is 4.57 Å². The highest BCUT2D eigenvalue weighted by Crippen LogP contribution is 2.44. The molecule has 0 spiro atoms. The highest BCUT2D eigenvalue weighted by molar-refractivity contribution is 5.94. The van der Waals surface area contributed by atoms with Crippen LogP contribution in [0.1, 0.15) is 44.2 Å². The second-order valence-corrected chi connectivity index (χ2v) is 7.24. The summed E-state index contributed by atoms with van der Waals surface area (Å²) in [5.74, 6) is -0.122. The molecule has 1 aliphatic rings. The molecule has 0 fully saturated rings. The number of pyridine rings is 1. The standard InChI is InChI=1S/C24H25FN/c1-4-6-9-13-24(5-2)21-16-22(25)17(3)15-20(21)23-19-11-8-7-10-18(19)12-14-26(23)24/h7-16H,4-6H2,1-3H3/q+1. The Morgan fingerprint density at radius 1 is 1.12 bits per heavy atom. The number of unbranched alkanes of at least 4 members (excludes halogenated alkanes) is 1. The van der Waals surface area contributed by atoms with Crippen molar-refractivity contribution in [1.82, 2.24) is 0 Å². The third kappa shape index (κ3) is 2.32. The van der Waals surface area contributed by atoms with Crippen molar-refractivity contribution in [2.45, 2.75) is 45.6 Å². The van der Waals surface area contributed by atoms with Crippen molar-refractivity contribution in [1.29, 1.82) is 0 Å². The number of fused-ring (bicyclic) bond motifs is 5. The maximum absolute atomic E-state index is 14.5. The molecule has 1 aromatic heterocycles. The minimum atomic E-state index is -0.321. The molecule has 0 aliphatic carbocycles. The number of aryl methyl sites for hydroxylation is 1. The van der Waals surface area contributed by atoms with E-state index >= 15 is 0 Å². The average molecular weight is 346 g/mol. The molecular weight excluding hydrogens is 321 g/mol. The van der Waals surface area contributed by atoms with E-state index < -0.39 is 0 Å². The van der Waals surface area contributed by atoms with E-state index in [2.05, 4.69) is 67.1 Å². The maximum atomic E-state index is 14.5. The molecule has 0 bridgehead atoms. The zero-order chi connectivity index (χ0) is 18.3. The van der Waals surface area contributed by atoms with E-state index in [1.165, 1.54) is 16.5 Å². The van der Waals surface area contributed by atoms with E-state index in [1.807, 2.05) is 13.0 Å². The monoisotopic (exact) mass is 346 g/mol. The number of aromatic nitrogens is 1. The molecule has 0 radical (unpaired) electrons. The molecule has 26 heavy (non-hydrogen) atoms. The first-order chi connectivity index (χ1) is 12.6. The summed E-state index contributed by atoms with van der Waals surface area (Å²) in [6.07, 6.45) is 9.75. The Hall–Kier alpha value is -2.48. The van der Waals surface area contributed by atoms with Gasteiger partial charge >= 0.3 is 0 Å². The van der Waals surface area contributed by atoms with E-state index in [0.717, 1.165) is 30.4 Å². The summed E-state index contributed by atoms with van der Waals surface area (Å²) in [4.78, 5) is 0. The van der Waals surface area contributed by atoms with Crippen molar-refractivity contribution in [3.8, 4) is 11.3 Å². The van der Waals surface area contributed by atoms with Crippen molar-refractivity contribution in [3.05, 3.63) is 77.8 Å². The molecule has 0 N–H and O–H groups in total. The fourth-order valence-corrected chi connectivity index (χ4v) is 4.28. The number of nitrogens with zero attached hydrogens (tertiary/aromatic N) is 1. The van der Waals surface area contributed by atoms with E-state index in [9.17, 15) is 4.39 Å². The molecule has 1 nitrogen and oxygen atoms in total. The van der Waals surface area contributed by atoms with Gasteiger partial charge < -0.3 is 0 Å². The summed E-state index contributed by atoms with van der Waals surface area (Å²) in [5, 5.41) is 2.44. The molecule has 0 amide bonds. The number of rotatable bonds is 4. The Labute approximate surface area is 154 Å². The lowest BCUT2D eigenvalue weighted by atomic mass is 9.85. The van der Waals surface area contributed by atoms with E-state index in [4.69, 9.17) is 0 Å². The van der Waals surface area contributed by atoms with Crippen molar-refractivity contribution in [3.63, 3.8) is 0 Å². The van der Waals surface area contributed by atoms with Gasteiger partial charge in [0, 0.05) is 18.1 Å². The van der Waals surface area contributed by atoms with Crippen LogP contribution in [0.4, 0.5) is 4.39 Å². The van der Waals surface area contributed by atoms with Gasteiger partial charge in [-0.2, -0.15) is 4.57 Å². The predicted molar refractivity (Wildman–Crippen MR) is 106 cm³/mol. The SMILES string of the molecule is CCCC=CC1(CC)c2cc(F)c(C)cc2-c2c3ccccc3cc[n+]21. The number of hydrogen-bond acceptors (Lipinski definition) is 0. The molecule has 1 aliphatic heterocycles. The van der Waals surface area contributed by atoms with Crippen LogP contribution in [0.3, 0.4) is 0 Å². The second-order valence-electron chi connectivity index (χ2n) is 7.24. The lowest BCUT2D eigenvalue weighted by Gasteiger charge is -2.21. The Bertz CT molecular complexity index is 1020. The van der Waals surface area contributed by atoms with Gasteiger partial charge in [-0.15, -0.1) is 0 Å². The van der Waals surface area contributed by atoms with E-state index in [-0.39, 0.29) is 11.4 Å². The fraction of sp³-hybridized carbons (Fsp3) is 0.292. The number of hydrogen-bond donors (Lipinski definition) is 0. The Morgan fingerprint density at radius 3 is 2.69 bits per heavy atom. The number of halogens is 1. The molecule has 2 aromatic carbocycles. The first-order valence-electron chi connectivity index (χ1n) is 9.55. The first-order valence-corrected chi connectivity index (χ1v) is 9.55. The van der Waals surface area contributed by atoms with Crippen LogP contribution in [-0.2, 0) is 5.54 Å². The lowest BCUT2D eigenvalue weighted by molar-refractivity contribution is -0.726. The molecule has 132 valence electrons. The minimum Gasteiger partial charge on any atom is -0.207 e. The van der Waals surface area contributed by atoms with Gasteiger partial charge in [-0.25, -0.2) is 4.39 Å². The highest BCUT2D eigenvalue weighted by atomic mass is 19.1. The van der Waals surface area contributed by atoms with Gasteiger partial charge in [0.05, 0.1) is 10.9 Å². The molecule has 0 saturated carbocycles. The minimum absolute atomic E-state index is 0.122. The van der Waals surface area contributed by atoms with Crippen molar-refractivity contribution in [2.24, 2.45) is 0 Å². The predicted octanol–water partition coefficient (Wildman–Crippen LogP) is 6.07. The Morgan fingerprint density at radius 2 is 1.92 bits per heavy atom. The summed E-state index contributed by atoms with van der Waals surface area (Å²) < 4.78 is 16.9. The topological polar surface area (TPSA) is 3.88 Å². The number of allylic oxidation sites excluding steroid dienone is 2. The largest absolute Gasteiger partial charge is 0.222 e. The third-order valence-electron chi connectivity index (χ3n) is 5.70.